The molecule has 1 atom stereocenters. The van der Waals surface area contributed by atoms with Crippen molar-refractivity contribution in [3.63, 3.8) is 0 Å². The lowest BCUT2D eigenvalue weighted by atomic mass is 9.84. The lowest BCUT2D eigenvalue weighted by Gasteiger charge is -2.36. The molecule has 5 heteroatoms. The van der Waals surface area contributed by atoms with E-state index < -0.39 is 0 Å². The first-order valence-corrected chi connectivity index (χ1v) is 11.2. The molecule has 0 aromatic heterocycles. The summed E-state index contributed by atoms with van der Waals surface area (Å²) in [7, 11) is 1.88. The van der Waals surface area contributed by atoms with Crippen molar-refractivity contribution in [2.45, 2.75) is 70.5 Å². The van der Waals surface area contributed by atoms with E-state index in [1.165, 1.54) is 24.0 Å². The molecule has 0 radical (unpaired) electrons. The fourth-order valence-electron chi connectivity index (χ4n) is 4.22. The van der Waals surface area contributed by atoms with Gasteiger partial charge in [0.1, 0.15) is 0 Å². The Morgan fingerprint density at radius 2 is 2.03 bits per heavy atom. The molecule has 2 aliphatic rings. The predicted octanol–water partition coefficient (Wildman–Crippen LogP) is 3.90. The van der Waals surface area contributed by atoms with E-state index in [-0.39, 0.29) is 5.41 Å². The van der Waals surface area contributed by atoms with Gasteiger partial charge in [0.15, 0.2) is 5.96 Å². The molecular formula is C24H39N3O2. The molecule has 0 amide bonds. The SMILES string of the molecule is CN=C(NCC(C)(C)c1cccc(C)c1)N1CCC(OCC2CCCCO2)CC1. The van der Waals surface area contributed by atoms with Crippen LogP contribution in [0.25, 0.3) is 0 Å². The molecular weight excluding hydrogens is 362 g/mol. The zero-order valence-electron chi connectivity index (χ0n) is 18.7. The molecule has 1 N–H and O–H groups in total. The van der Waals surface area contributed by atoms with Crippen LogP contribution in [-0.4, -0.2) is 63.0 Å². The molecule has 3 rings (SSSR count). The highest BCUT2D eigenvalue weighted by atomic mass is 16.5. The van der Waals surface area contributed by atoms with Gasteiger partial charge < -0.3 is 19.7 Å². The van der Waals surface area contributed by atoms with Gasteiger partial charge in [-0.25, -0.2) is 0 Å². The van der Waals surface area contributed by atoms with Crippen molar-refractivity contribution in [3.8, 4) is 0 Å². The number of aryl methyl sites for hydroxylation is 1. The maximum atomic E-state index is 6.16. The highest BCUT2D eigenvalue weighted by Crippen LogP contribution is 2.23. The van der Waals surface area contributed by atoms with Crippen LogP contribution in [0, 0.1) is 6.92 Å². The monoisotopic (exact) mass is 401 g/mol. The Kier molecular flexibility index (Phi) is 7.96. The minimum atomic E-state index is 0.0450. The Hall–Kier alpha value is -1.59. The van der Waals surface area contributed by atoms with Gasteiger partial charge >= 0.3 is 0 Å². The summed E-state index contributed by atoms with van der Waals surface area (Å²) in [5.41, 5.74) is 2.71. The van der Waals surface area contributed by atoms with Gasteiger partial charge in [-0.2, -0.15) is 0 Å². The van der Waals surface area contributed by atoms with E-state index in [1.807, 2.05) is 7.05 Å². The molecule has 2 aliphatic heterocycles. The van der Waals surface area contributed by atoms with Crippen molar-refractivity contribution in [3.05, 3.63) is 35.4 Å². The zero-order chi connectivity index (χ0) is 20.7. The summed E-state index contributed by atoms with van der Waals surface area (Å²) in [4.78, 5) is 6.91. The van der Waals surface area contributed by atoms with Crippen molar-refractivity contribution in [2.24, 2.45) is 4.99 Å². The van der Waals surface area contributed by atoms with E-state index >= 15 is 0 Å². The standard InChI is InChI=1S/C24H39N3O2/c1-19-8-7-9-20(16-19)24(2,3)18-26-23(25-4)27-13-11-21(12-14-27)29-17-22-10-5-6-15-28-22/h7-9,16,21-22H,5-6,10-15,17-18H2,1-4H3,(H,25,26). The molecule has 1 unspecified atom stereocenters. The number of hydrogen-bond donors (Lipinski definition) is 1. The third-order valence-electron chi connectivity index (χ3n) is 6.23. The number of rotatable bonds is 6. The van der Waals surface area contributed by atoms with E-state index in [4.69, 9.17) is 9.47 Å². The van der Waals surface area contributed by atoms with Gasteiger partial charge in [-0.1, -0.05) is 43.7 Å². The van der Waals surface area contributed by atoms with Crippen LogP contribution in [0.1, 0.15) is 57.1 Å². The maximum Gasteiger partial charge on any atom is 0.193 e. The topological polar surface area (TPSA) is 46.1 Å². The van der Waals surface area contributed by atoms with Crippen molar-refractivity contribution >= 4 is 5.96 Å². The highest BCUT2D eigenvalue weighted by molar-refractivity contribution is 5.80. The van der Waals surface area contributed by atoms with Gasteiger partial charge in [0.05, 0.1) is 18.8 Å². The van der Waals surface area contributed by atoms with Gasteiger partial charge in [0, 0.05) is 38.7 Å². The molecule has 2 saturated heterocycles. The molecule has 1 aromatic rings. The fourth-order valence-corrected chi connectivity index (χ4v) is 4.22. The molecule has 0 bridgehead atoms. The largest absolute Gasteiger partial charge is 0.376 e. The zero-order valence-corrected chi connectivity index (χ0v) is 18.7. The van der Waals surface area contributed by atoms with Crippen molar-refractivity contribution in [1.82, 2.24) is 10.2 Å². The van der Waals surface area contributed by atoms with E-state index in [9.17, 15) is 0 Å². The number of likely N-dealkylation sites (tertiary alicyclic amines) is 1. The van der Waals surface area contributed by atoms with Crippen LogP contribution in [0.5, 0.6) is 0 Å². The van der Waals surface area contributed by atoms with Crippen LogP contribution < -0.4 is 5.32 Å². The normalized spacial score (nSPS) is 22.0. The summed E-state index contributed by atoms with van der Waals surface area (Å²) in [5.74, 6) is 1.000. The first kappa shape index (κ1) is 22.1. The van der Waals surface area contributed by atoms with E-state index in [2.05, 4.69) is 60.2 Å². The third-order valence-corrected chi connectivity index (χ3v) is 6.23. The number of nitrogens with one attached hydrogen (secondary N) is 1. The Bertz CT molecular complexity index is 660. The lowest BCUT2D eigenvalue weighted by molar-refractivity contribution is -0.0721. The summed E-state index contributed by atoms with van der Waals surface area (Å²) in [5, 5.41) is 3.61. The Balaban J connectivity index is 1.44. The minimum Gasteiger partial charge on any atom is -0.376 e. The van der Waals surface area contributed by atoms with Crippen molar-refractivity contribution in [1.29, 1.82) is 0 Å². The second-order valence-electron chi connectivity index (χ2n) is 9.16. The Morgan fingerprint density at radius 3 is 2.69 bits per heavy atom. The first-order valence-electron chi connectivity index (χ1n) is 11.2. The predicted molar refractivity (Wildman–Crippen MR) is 120 cm³/mol. The van der Waals surface area contributed by atoms with Gasteiger partial charge in [-0.15, -0.1) is 0 Å². The van der Waals surface area contributed by atoms with Crippen LogP contribution in [0.3, 0.4) is 0 Å². The average Bonchev–Trinajstić information content (AvgIpc) is 2.74. The number of aliphatic imine (C=N–C) groups is 1. The summed E-state index contributed by atoms with van der Waals surface area (Å²) < 4.78 is 11.9. The molecule has 0 saturated carbocycles. The van der Waals surface area contributed by atoms with Crippen LogP contribution in [0.4, 0.5) is 0 Å². The first-order chi connectivity index (χ1) is 14.0. The smallest absolute Gasteiger partial charge is 0.193 e. The molecule has 162 valence electrons. The molecule has 5 nitrogen and oxygen atoms in total. The van der Waals surface area contributed by atoms with Crippen LogP contribution >= 0.6 is 0 Å². The molecule has 0 spiro atoms. The summed E-state index contributed by atoms with van der Waals surface area (Å²) in [6, 6.07) is 8.79. The Labute approximate surface area is 176 Å². The number of piperidine rings is 1. The third kappa shape index (κ3) is 6.45. The maximum absolute atomic E-state index is 6.16. The average molecular weight is 402 g/mol. The summed E-state index contributed by atoms with van der Waals surface area (Å²) in [6.07, 6.45) is 6.36. The van der Waals surface area contributed by atoms with Crippen LogP contribution in [0.2, 0.25) is 0 Å². The summed E-state index contributed by atoms with van der Waals surface area (Å²) in [6.45, 7) is 11.2. The molecule has 29 heavy (non-hydrogen) atoms. The van der Waals surface area contributed by atoms with E-state index in [0.717, 1.165) is 58.1 Å². The fraction of sp³-hybridized carbons (Fsp3) is 0.708. The Morgan fingerprint density at radius 1 is 1.24 bits per heavy atom. The molecule has 0 aliphatic carbocycles. The summed E-state index contributed by atoms with van der Waals surface area (Å²) >= 11 is 0. The van der Waals surface area contributed by atoms with Gasteiger partial charge in [0.25, 0.3) is 0 Å². The lowest BCUT2D eigenvalue weighted by Crippen LogP contribution is -2.49. The quantitative estimate of drug-likeness (QED) is 0.580. The van der Waals surface area contributed by atoms with Gasteiger partial charge in [-0.3, -0.25) is 4.99 Å². The highest BCUT2D eigenvalue weighted by Gasteiger charge is 2.26. The molecule has 2 heterocycles. The second-order valence-corrected chi connectivity index (χ2v) is 9.16. The molecule has 2 fully saturated rings. The number of benzene rings is 1. The van der Waals surface area contributed by atoms with Gasteiger partial charge in [0.2, 0.25) is 0 Å². The van der Waals surface area contributed by atoms with E-state index in [0.29, 0.717) is 12.2 Å². The number of guanidine groups is 1. The second kappa shape index (κ2) is 10.4. The van der Waals surface area contributed by atoms with Crippen LogP contribution in [-0.2, 0) is 14.9 Å². The van der Waals surface area contributed by atoms with Crippen molar-refractivity contribution < 1.29 is 9.47 Å². The van der Waals surface area contributed by atoms with Crippen molar-refractivity contribution in [2.75, 3.05) is 39.9 Å². The minimum absolute atomic E-state index is 0.0450. The van der Waals surface area contributed by atoms with Crippen LogP contribution in [0.15, 0.2) is 29.3 Å². The van der Waals surface area contributed by atoms with Gasteiger partial charge in [-0.05, 0) is 44.6 Å². The van der Waals surface area contributed by atoms with E-state index in [1.54, 1.807) is 0 Å². The number of nitrogens with zero attached hydrogens (tertiary/aromatic N) is 2. The molecule has 1 aromatic carbocycles. The number of ether oxygens (including phenoxy) is 2. The number of hydrogen-bond acceptors (Lipinski definition) is 3.